The van der Waals surface area contributed by atoms with Crippen molar-refractivity contribution in [2.45, 2.75) is 104 Å². The molecule has 0 unspecified atom stereocenters. The van der Waals surface area contributed by atoms with Crippen molar-refractivity contribution in [2.24, 2.45) is 0 Å². The number of carbonyl (C=O) groups is 2. The average Bonchev–Trinajstić information content (AvgIpc) is 3.43. The van der Waals surface area contributed by atoms with Gasteiger partial charge in [0.1, 0.15) is 67.1 Å². The summed E-state index contributed by atoms with van der Waals surface area (Å²) < 4.78 is 219. The van der Waals surface area contributed by atoms with Crippen molar-refractivity contribution in [3.8, 4) is 0 Å². The summed E-state index contributed by atoms with van der Waals surface area (Å²) in [5.41, 5.74) is 0. The first-order chi connectivity index (χ1) is 29.6. The lowest BCUT2D eigenvalue weighted by atomic mass is 9.95. The molecule has 4 aliphatic heterocycles. The molecule has 0 aliphatic carbocycles. The van der Waals surface area contributed by atoms with Gasteiger partial charge < -0.3 is 68.9 Å². The molecule has 41 heteroatoms. The molecule has 17 atom stereocenters. The van der Waals surface area contributed by atoms with Crippen LogP contribution < -0.4 is 4.72 Å². The van der Waals surface area contributed by atoms with Gasteiger partial charge in [-0.3, -0.25) is 22.8 Å². The van der Waals surface area contributed by atoms with E-state index in [0.717, 1.165) is 0 Å². The first-order valence-electron chi connectivity index (χ1n) is 17.0. The summed E-state index contributed by atoms with van der Waals surface area (Å²) in [5.74, 6) is -5.52. The Labute approximate surface area is 363 Å². The normalized spacial score (nSPS) is 37.6. The van der Waals surface area contributed by atoms with Gasteiger partial charge in [0.15, 0.2) is 30.9 Å². The lowest BCUT2D eigenvalue weighted by molar-refractivity contribution is -0.353. The molecular weight excluding hydrogens is 1020 g/mol. The van der Waals surface area contributed by atoms with E-state index in [1.807, 2.05) is 0 Å². The van der Waals surface area contributed by atoms with Gasteiger partial charge in [-0.15, -0.1) is 0 Å². The summed E-state index contributed by atoms with van der Waals surface area (Å²) in [7, 11) is -28.0. The molecule has 4 heterocycles. The van der Waals surface area contributed by atoms with Crippen LogP contribution >= 0.6 is 0 Å². The third-order valence-electron chi connectivity index (χ3n) is 8.82. The summed E-state index contributed by atoms with van der Waals surface area (Å²) in [6, 6.07) is -2.73. The molecule has 0 aromatic rings. The molecule has 4 aliphatic rings. The van der Waals surface area contributed by atoms with Gasteiger partial charge in [0.25, 0.3) is 0 Å². The first kappa shape index (κ1) is 55.0. The van der Waals surface area contributed by atoms with Crippen molar-refractivity contribution < 1.29 is 160 Å². The van der Waals surface area contributed by atoms with E-state index < -0.39 is 194 Å². The molecule has 0 amide bonds. The Bertz CT molecular complexity index is 2300. The monoisotopic (exact) mass is 1060 g/mol. The second-order valence-corrected chi connectivity index (χ2v) is 18.8. The van der Waals surface area contributed by atoms with Crippen molar-refractivity contribution >= 4 is 63.8 Å². The topological polar surface area (TPSA) is 561 Å². The minimum atomic E-state index is -5.85. The number of carboxylic acid groups (broad SMARTS) is 2. The van der Waals surface area contributed by atoms with E-state index in [2.05, 4.69) is 16.7 Å². The fraction of sp³-hybridized carbons (Fsp3) is 0.833. The largest absolute Gasteiger partial charge is 0.479 e. The van der Waals surface area contributed by atoms with Crippen LogP contribution in [0, 0.1) is 0 Å². The maximum absolute atomic E-state index is 12.6. The number of aliphatic hydroxyl groups is 5. The molecule has 0 radical (unpaired) electrons. The molecular formula is C24H37NO35S5. The summed E-state index contributed by atoms with van der Waals surface area (Å²) in [4.78, 5) is 24.3. The number of aliphatic carboxylic acids is 2. The lowest BCUT2D eigenvalue weighted by Crippen LogP contribution is -2.69. The van der Waals surface area contributed by atoms with Gasteiger partial charge in [-0.25, -0.2) is 26.3 Å². The molecule has 0 bridgehead atoms. The quantitative estimate of drug-likeness (QED) is 0.0475. The second kappa shape index (κ2) is 20.9. The Morgan fingerprint density at radius 1 is 0.585 bits per heavy atom. The zero-order valence-electron chi connectivity index (χ0n) is 31.3. The highest BCUT2D eigenvalue weighted by Crippen LogP contribution is 2.36. The minimum absolute atomic E-state index is 0.300. The molecule has 3 fully saturated rings. The summed E-state index contributed by atoms with van der Waals surface area (Å²) in [5, 5.41) is 73.1. The predicted molar refractivity (Wildman–Crippen MR) is 186 cm³/mol. The van der Waals surface area contributed by atoms with E-state index in [4.69, 9.17) is 37.7 Å². The highest BCUT2D eigenvalue weighted by molar-refractivity contribution is 7.83. The Morgan fingerprint density at radius 2 is 1.08 bits per heavy atom. The molecule has 13 N–H and O–H groups in total. The van der Waals surface area contributed by atoms with Crippen molar-refractivity contribution in [2.75, 3.05) is 19.8 Å². The number of nitrogens with one attached hydrogen (secondary N) is 1. The molecule has 0 spiro atoms. The molecule has 0 aromatic carbocycles. The van der Waals surface area contributed by atoms with Crippen LogP contribution in [-0.2, 0) is 111 Å². The maximum atomic E-state index is 12.6. The summed E-state index contributed by atoms with van der Waals surface area (Å²) >= 11 is 0. The standard InChI is InChI=1S/C24H37NO35S5/c26-2-7-11(28)15(8(52-7)3-50-62(38,39)40)55-24-18(60-65(47,48)49)13(30)17(19(58-24)21(33)34)57-22-10(25-61(35,36)37)12(29)16(9(54-22)4-51-63(41,42)43)56-23-14(59-64(44,45)46)5(27)1-6(53-23)20(31)32/h1,5,7-19,22-30H,2-4H2,(H,31,32)(H,33,34)(H,35,36,37)(H,38,39,40)(H,41,42,43)(H,44,45,46)(H,47,48,49)/t5-,7+,8+,9+,10+,11+,12+,13-,14+,15+,16+,17-,18+,19+,22+,23-,24+/m0/s1. The third-order valence-corrected chi connectivity index (χ3v) is 11.2. The van der Waals surface area contributed by atoms with Crippen LogP contribution in [0.4, 0.5) is 0 Å². The summed E-state index contributed by atoms with van der Waals surface area (Å²) in [6.07, 6.45) is -40.0. The van der Waals surface area contributed by atoms with Crippen molar-refractivity contribution in [3.05, 3.63) is 11.8 Å². The van der Waals surface area contributed by atoms with Crippen LogP contribution in [0.1, 0.15) is 0 Å². The number of hydrogen-bond acceptors (Lipinski definition) is 28. The number of carboxylic acids is 2. The van der Waals surface area contributed by atoms with E-state index in [0.29, 0.717) is 6.08 Å². The molecule has 65 heavy (non-hydrogen) atoms. The highest BCUT2D eigenvalue weighted by Gasteiger charge is 2.58. The van der Waals surface area contributed by atoms with Gasteiger partial charge in [0.05, 0.1) is 19.8 Å². The summed E-state index contributed by atoms with van der Waals surface area (Å²) in [6.45, 7) is -3.96. The number of hydrogen-bond donors (Lipinski definition) is 13. The van der Waals surface area contributed by atoms with Crippen LogP contribution in [0.15, 0.2) is 11.8 Å². The third kappa shape index (κ3) is 15.4. The Balaban J connectivity index is 1.77. The number of aliphatic hydroxyl groups excluding tert-OH is 5. The van der Waals surface area contributed by atoms with Crippen molar-refractivity contribution in [1.29, 1.82) is 0 Å². The van der Waals surface area contributed by atoms with E-state index >= 15 is 0 Å². The second-order valence-electron chi connectivity index (χ2n) is 13.3. The molecule has 378 valence electrons. The van der Waals surface area contributed by atoms with E-state index in [-0.39, 0.29) is 0 Å². The average molecular weight is 1060 g/mol. The van der Waals surface area contributed by atoms with Crippen LogP contribution in [0.25, 0.3) is 0 Å². The van der Waals surface area contributed by atoms with Crippen LogP contribution in [0.3, 0.4) is 0 Å². The van der Waals surface area contributed by atoms with Crippen LogP contribution in [-0.4, -0.2) is 237 Å². The number of ether oxygens (including phenoxy) is 7. The lowest BCUT2D eigenvalue weighted by Gasteiger charge is -2.48. The molecule has 4 rings (SSSR count). The van der Waals surface area contributed by atoms with Gasteiger partial charge in [0.2, 0.25) is 12.0 Å². The van der Waals surface area contributed by atoms with Gasteiger partial charge in [-0.2, -0.15) is 46.8 Å². The van der Waals surface area contributed by atoms with Crippen LogP contribution in [0.5, 0.6) is 0 Å². The SMILES string of the molecule is O=C(O)C1=C[C@H](O)[C@@H](OS(=O)(=O)O)[C@H](O[C@H]2[C@H](O)[C@@H](NS(=O)(=O)O)[C@@H](O[C@H]3[C@H](O)[C@@H](OS(=O)(=O)O)[C@H](O[C@H]4[C@H](O)[C@@H](CO)O[C@@H]4COS(=O)(=O)O)O[C@H]3C(=O)O)O[C@@H]2COS(=O)(=O)O)O1. The van der Waals surface area contributed by atoms with Gasteiger partial charge >= 0.3 is 63.8 Å². The minimum Gasteiger partial charge on any atom is -0.479 e. The zero-order chi connectivity index (χ0) is 49.4. The molecule has 36 nitrogen and oxygen atoms in total. The van der Waals surface area contributed by atoms with Gasteiger partial charge in [-0.05, 0) is 6.08 Å². The van der Waals surface area contributed by atoms with E-state index in [1.54, 1.807) is 0 Å². The smallest absolute Gasteiger partial charge is 0.397 e. The predicted octanol–water partition coefficient (Wildman–Crippen LogP) is -9.02. The fourth-order valence-corrected chi connectivity index (χ4v) is 8.49. The van der Waals surface area contributed by atoms with Crippen LogP contribution in [0.2, 0.25) is 0 Å². The zero-order valence-corrected chi connectivity index (χ0v) is 35.4. The fourth-order valence-electron chi connectivity index (χ4n) is 6.31. The van der Waals surface area contributed by atoms with Gasteiger partial charge in [0, 0.05) is 0 Å². The molecule has 3 saturated heterocycles. The van der Waals surface area contributed by atoms with Gasteiger partial charge in [-0.1, -0.05) is 0 Å². The van der Waals surface area contributed by atoms with Crippen molar-refractivity contribution in [1.82, 2.24) is 4.72 Å². The maximum Gasteiger partial charge on any atom is 0.397 e. The van der Waals surface area contributed by atoms with Crippen molar-refractivity contribution in [3.63, 3.8) is 0 Å². The Morgan fingerprint density at radius 3 is 1.55 bits per heavy atom. The Hall–Kier alpha value is -2.61. The molecule has 0 aromatic heterocycles. The first-order valence-corrected chi connectivity index (χ1v) is 23.9. The molecule has 0 saturated carbocycles. The highest BCUT2D eigenvalue weighted by atomic mass is 32.3. The van der Waals surface area contributed by atoms with E-state index in [9.17, 15) is 106 Å². The number of rotatable bonds is 21. The van der Waals surface area contributed by atoms with E-state index in [1.165, 1.54) is 4.72 Å². The Kier molecular flexibility index (Phi) is 17.7.